The second-order valence-electron chi connectivity index (χ2n) is 5.15. The molecular formula is C15H17N5O2. The van der Waals surface area contributed by atoms with Crippen LogP contribution in [0.25, 0.3) is 0 Å². The number of carbonyl (C=O) groups is 1. The predicted molar refractivity (Wildman–Crippen MR) is 79.9 cm³/mol. The average Bonchev–Trinajstić information content (AvgIpc) is 3.15. The maximum Gasteiger partial charge on any atom is 0.269 e. The Balaban J connectivity index is 1.57. The third kappa shape index (κ3) is 2.83. The number of hydrogen-bond donors (Lipinski definition) is 1. The minimum atomic E-state index is -0.237. The van der Waals surface area contributed by atoms with Crippen LogP contribution in [0.1, 0.15) is 29.7 Å². The van der Waals surface area contributed by atoms with Gasteiger partial charge in [-0.3, -0.25) is 4.79 Å². The van der Waals surface area contributed by atoms with Crippen LogP contribution < -0.4 is 5.32 Å². The van der Waals surface area contributed by atoms with Crippen molar-refractivity contribution in [2.45, 2.75) is 26.0 Å². The molecule has 1 aliphatic rings. The van der Waals surface area contributed by atoms with Crippen LogP contribution in [0.5, 0.6) is 0 Å². The number of amides is 1. The molecule has 7 nitrogen and oxygen atoms in total. The summed E-state index contributed by atoms with van der Waals surface area (Å²) in [5.41, 5.74) is 1.41. The fourth-order valence-electron chi connectivity index (χ4n) is 2.22. The molecule has 1 N–H and O–H groups in total. The fraction of sp³-hybridized carbons (Fsp3) is 0.333. The number of benzene rings is 1. The van der Waals surface area contributed by atoms with E-state index in [4.69, 9.17) is 4.84 Å². The van der Waals surface area contributed by atoms with Gasteiger partial charge in [-0.25, -0.2) is 0 Å². The number of carbonyl (C=O) groups excluding carboxylic acids is 1. The van der Waals surface area contributed by atoms with Gasteiger partial charge in [-0.1, -0.05) is 35.5 Å². The number of hydrogen-bond acceptors (Lipinski definition) is 5. The first kappa shape index (κ1) is 14.2. The summed E-state index contributed by atoms with van der Waals surface area (Å²) in [4.78, 5) is 17.5. The lowest BCUT2D eigenvalue weighted by Gasteiger charge is -2.07. The minimum absolute atomic E-state index is 0.195. The van der Waals surface area contributed by atoms with Crippen LogP contribution in [0.3, 0.4) is 0 Å². The minimum Gasteiger partial charge on any atom is -0.387 e. The first-order valence-electron chi connectivity index (χ1n) is 7.06. The van der Waals surface area contributed by atoms with E-state index in [1.165, 1.54) is 0 Å². The Kier molecular flexibility index (Phi) is 3.86. The molecule has 2 aromatic rings. The standard InChI is InChI=1S/C15H17N5O2/c1-10-17-18-14(20(10)2)9-16-15(21)12-8-13(22-19-12)11-6-4-3-5-7-11/h3-7,13H,8-9H2,1-2H3,(H,16,21). The number of rotatable bonds is 4. The van der Waals surface area contributed by atoms with E-state index in [9.17, 15) is 4.79 Å². The van der Waals surface area contributed by atoms with Gasteiger partial charge in [0.2, 0.25) is 0 Å². The maximum atomic E-state index is 12.1. The van der Waals surface area contributed by atoms with Gasteiger partial charge >= 0.3 is 0 Å². The molecule has 1 amide bonds. The van der Waals surface area contributed by atoms with Gasteiger partial charge in [-0.05, 0) is 12.5 Å². The first-order valence-corrected chi connectivity index (χ1v) is 7.06. The molecule has 3 rings (SSSR count). The summed E-state index contributed by atoms with van der Waals surface area (Å²) in [6.07, 6.45) is 0.271. The lowest BCUT2D eigenvalue weighted by atomic mass is 10.0. The summed E-state index contributed by atoms with van der Waals surface area (Å²) in [7, 11) is 1.86. The molecule has 2 heterocycles. The zero-order valence-electron chi connectivity index (χ0n) is 12.5. The van der Waals surface area contributed by atoms with Gasteiger partial charge in [0.25, 0.3) is 5.91 Å². The van der Waals surface area contributed by atoms with E-state index in [-0.39, 0.29) is 12.0 Å². The maximum absolute atomic E-state index is 12.1. The van der Waals surface area contributed by atoms with Gasteiger partial charge in [0.1, 0.15) is 11.5 Å². The molecule has 1 aromatic carbocycles. The third-order valence-corrected chi connectivity index (χ3v) is 3.69. The van der Waals surface area contributed by atoms with Crippen molar-refractivity contribution in [2.75, 3.05) is 0 Å². The molecule has 1 unspecified atom stereocenters. The van der Waals surface area contributed by atoms with Crippen molar-refractivity contribution >= 4 is 11.6 Å². The molecular weight excluding hydrogens is 282 g/mol. The average molecular weight is 299 g/mol. The summed E-state index contributed by atoms with van der Waals surface area (Å²) in [6, 6.07) is 9.74. The van der Waals surface area contributed by atoms with Crippen molar-refractivity contribution < 1.29 is 9.63 Å². The summed E-state index contributed by atoms with van der Waals surface area (Å²) in [6.45, 7) is 2.17. The highest BCUT2D eigenvalue weighted by atomic mass is 16.6. The van der Waals surface area contributed by atoms with E-state index >= 15 is 0 Å². The molecule has 0 saturated carbocycles. The van der Waals surface area contributed by atoms with Crippen LogP contribution in [0.4, 0.5) is 0 Å². The van der Waals surface area contributed by atoms with E-state index in [1.54, 1.807) is 0 Å². The summed E-state index contributed by atoms with van der Waals surface area (Å²) in [5.74, 6) is 1.26. The van der Waals surface area contributed by atoms with E-state index in [2.05, 4.69) is 20.7 Å². The fourth-order valence-corrected chi connectivity index (χ4v) is 2.22. The normalized spacial score (nSPS) is 17.0. The molecule has 22 heavy (non-hydrogen) atoms. The highest BCUT2D eigenvalue weighted by Crippen LogP contribution is 2.26. The SMILES string of the molecule is Cc1nnc(CNC(=O)C2=NOC(c3ccccc3)C2)n1C. The van der Waals surface area contributed by atoms with E-state index in [1.807, 2.05) is 48.9 Å². The van der Waals surface area contributed by atoms with Gasteiger partial charge < -0.3 is 14.7 Å². The van der Waals surface area contributed by atoms with Gasteiger partial charge in [-0.15, -0.1) is 10.2 Å². The molecule has 1 aliphatic heterocycles. The van der Waals surface area contributed by atoms with Crippen LogP contribution in [0.2, 0.25) is 0 Å². The molecule has 1 aromatic heterocycles. The van der Waals surface area contributed by atoms with Gasteiger partial charge in [0.05, 0.1) is 6.54 Å². The smallest absolute Gasteiger partial charge is 0.269 e. The molecule has 0 radical (unpaired) electrons. The van der Waals surface area contributed by atoms with Crippen molar-refractivity contribution in [1.29, 1.82) is 0 Å². The topological polar surface area (TPSA) is 81.4 Å². The molecule has 0 bridgehead atoms. The number of nitrogens with zero attached hydrogens (tertiary/aromatic N) is 4. The predicted octanol–water partition coefficient (Wildman–Crippen LogP) is 1.26. The summed E-state index contributed by atoms with van der Waals surface area (Å²) in [5, 5.41) is 14.6. The monoisotopic (exact) mass is 299 g/mol. The van der Waals surface area contributed by atoms with Crippen molar-refractivity contribution in [3.05, 3.63) is 47.5 Å². The summed E-state index contributed by atoms with van der Waals surface area (Å²) >= 11 is 0. The number of nitrogens with one attached hydrogen (secondary N) is 1. The Morgan fingerprint density at radius 1 is 1.36 bits per heavy atom. The Hall–Kier alpha value is -2.70. The van der Waals surface area contributed by atoms with Crippen molar-refractivity contribution in [3.8, 4) is 0 Å². The molecule has 0 aliphatic carbocycles. The molecule has 0 spiro atoms. The third-order valence-electron chi connectivity index (χ3n) is 3.69. The Bertz CT molecular complexity index is 708. The number of aryl methyl sites for hydroxylation is 1. The quantitative estimate of drug-likeness (QED) is 0.921. The van der Waals surface area contributed by atoms with Crippen LogP contribution >= 0.6 is 0 Å². The number of oxime groups is 1. The lowest BCUT2D eigenvalue weighted by Crippen LogP contribution is -2.30. The van der Waals surface area contributed by atoms with Crippen LogP contribution in [0, 0.1) is 6.92 Å². The van der Waals surface area contributed by atoms with Crippen molar-refractivity contribution in [2.24, 2.45) is 12.2 Å². The van der Waals surface area contributed by atoms with Gasteiger partial charge in [0.15, 0.2) is 11.9 Å². The van der Waals surface area contributed by atoms with Crippen LogP contribution in [0.15, 0.2) is 35.5 Å². The van der Waals surface area contributed by atoms with Crippen LogP contribution in [-0.2, 0) is 23.2 Å². The van der Waals surface area contributed by atoms with E-state index in [0.717, 1.165) is 11.4 Å². The highest BCUT2D eigenvalue weighted by molar-refractivity contribution is 6.39. The van der Waals surface area contributed by atoms with E-state index < -0.39 is 0 Å². The Labute approximate surface area is 128 Å². The molecule has 114 valence electrons. The second-order valence-corrected chi connectivity index (χ2v) is 5.15. The van der Waals surface area contributed by atoms with E-state index in [0.29, 0.717) is 24.5 Å². The lowest BCUT2D eigenvalue weighted by molar-refractivity contribution is -0.115. The summed E-state index contributed by atoms with van der Waals surface area (Å²) < 4.78 is 1.83. The molecule has 0 saturated heterocycles. The zero-order chi connectivity index (χ0) is 15.5. The Morgan fingerprint density at radius 3 is 2.82 bits per heavy atom. The molecule has 1 atom stereocenters. The highest BCUT2D eigenvalue weighted by Gasteiger charge is 2.27. The molecule has 0 fully saturated rings. The molecule has 7 heteroatoms. The van der Waals surface area contributed by atoms with Crippen LogP contribution in [-0.4, -0.2) is 26.4 Å². The van der Waals surface area contributed by atoms with Gasteiger partial charge in [-0.2, -0.15) is 0 Å². The van der Waals surface area contributed by atoms with Crippen molar-refractivity contribution in [1.82, 2.24) is 20.1 Å². The number of aromatic nitrogens is 3. The van der Waals surface area contributed by atoms with Crippen molar-refractivity contribution in [3.63, 3.8) is 0 Å². The second kappa shape index (κ2) is 5.97. The first-order chi connectivity index (χ1) is 10.6. The largest absolute Gasteiger partial charge is 0.387 e. The Morgan fingerprint density at radius 2 is 2.14 bits per heavy atom. The van der Waals surface area contributed by atoms with Gasteiger partial charge in [0, 0.05) is 13.5 Å². The zero-order valence-corrected chi connectivity index (χ0v) is 12.5.